The molecule has 1 amide bonds. The first-order chi connectivity index (χ1) is 11.7. The number of piperidine rings is 1. The van der Waals surface area contributed by atoms with Gasteiger partial charge in [0.1, 0.15) is 0 Å². The SMILES string of the molecule is CN(c1ccccc1)C1CCN(CC(=O)NC[C@H]2CCCO2)CC1. The highest BCUT2D eigenvalue weighted by Gasteiger charge is 2.24. The van der Waals surface area contributed by atoms with Crippen molar-refractivity contribution in [2.24, 2.45) is 0 Å². The van der Waals surface area contributed by atoms with E-state index in [4.69, 9.17) is 4.74 Å². The molecule has 3 rings (SSSR count). The smallest absolute Gasteiger partial charge is 0.234 e. The lowest BCUT2D eigenvalue weighted by atomic mass is 10.0. The van der Waals surface area contributed by atoms with Crippen molar-refractivity contribution in [1.82, 2.24) is 10.2 Å². The largest absolute Gasteiger partial charge is 0.376 e. The first-order valence-corrected chi connectivity index (χ1v) is 9.11. The van der Waals surface area contributed by atoms with Gasteiger partial charge in [-0.15, -0.1) is 0 Å². The predicted molar refractivity (Wildman–Crippen MR) is 96.3 cm³/mol. The first kappa shape index (κ1) is 17.2. The van der Waals surface area contributed by atoms with Gasteiger partial charge in [-0.25, -0.2) is 0 Å². The van der Waals surface area contributed by atoms with Crippen molar-refractivity contribution >= 4 is 11.6 Å². The zero-order chi connectivity index (χ0) is 16.8. The molecule has 2 fully saturated rings. The summed E-state index contributed by atoms with van der Waals surface area (Å²) < 4.78 is 5.54. The van der Waals surface area contributed by atoms with Crippen LogP contribution in [0.2, 0.25) is 0 Å². The lowest BCUT2D eigenvalue weighted by Crippen LogP contribution is -2.47. The van der Waals surface area contributed by atoms with Crippen molar-refractivity contribution in [3.05, 3.63) is 30.3 Å². The highest BCUT2D eigenvalue weighted by Crippen LogP contribution is 2.21. The molecule has 0 saturated carbocycles. The zero-order valence-corrected chi connectivity index (χ0v) is 14.6. The summed E-state index contributed by atoms with van der Waals surface area (Å²) in [5.74, 6) is 0.125. The number of nitrogens with one attached hydrogen (secondary N) is 1. The summed E-state index contributed by atoms with van der Waals surface area (Å²) in [6.07, 6.45) is 4.61. The number of carbonyl (C=O) groups excluding carboxylic acids is 1. The molecule has 5 heteroatoms. The van der Waals surface area contributed by atoms with Gasteiger partial charge in [0.05, 0.1) is 12.6 Å². The molecular weight excluding hydrogens is 302 g/mol. The highest BCUT2D eigenvalue weighted by molar-refractivity contribution is 5.78. The van der Waals surface area contributed by atoms with E-state index < -0.39 is 0 Å². The van der Waals surface area contributed by atoms with Crippen LogP contribution < -0.4 is 10.2 Å². The molecule has 2 aliphatic heterocycles. The Balaban J connectivity index is 1.37. The minimum Gasteiger partial charge on any atom is -0.376 e. The fraction of sp³-hybridized carbons (Fsp3) is 0.632. The topological polar surface area (TPSA) is 44.8 Å². The Morgan fingerprint density at radius 2 is 2.00 bits per heavy atom. The second-order valence-electron chi connectivity index (χ2n) is 6.89. The second kappa shape index (κ2) is 8.49. The third-order valence-electron chi connectivity index (χ3n) is 5.19. The monoisotopic (exact) mass is 331 g/mol. The maximum absolute atomic E-state index is 12.1. The number of rotatable bonds is 6. The van der Waals surface area contributed by atoms with Gasteiger partial charge in [0.2, 0.25) is 5.91 Å². The van der Waals surface area contributed by atoms with Gasteiger partial charge < -0.3 is 15.0 Å². The Kier molecular flexibility index (Phi) is 6.10. The fourth-order valence-electron chi connectivity index (χ4n) is 3.63. The number of hydrogen-bond acceptors (Lipinski definition) is 4. The third kappa shape index (κ3) is 4.71. The maximum Gasteiger partial charge on any atom is 0.234 e. The second-order valence-corrected chi connectivity index (χ2v) is 6.89. The molecule has 2 saturated heterocycles. The number of carbonyl (C=O) groups is 1. The van der Waals surface area contributed by atoms with E-state index in [1.54, 1.807) is 0 Å². The number of anilines is 1. The van der Waals surface area contributed by atoms with Crippen LogP contribution in [0, 0.1) is 0 Å². The van der Waals surface area contributed by atoms with E-state index in [0.29, 0.717) is 19.1 Å². The quantitative estimate of drug-likeness (QED) is 0.864. The minimum absolute atomic E-state index is 0.125. The normalized spacial score (nSPS) is 22.5. The van der Waals surface area contributed by atoms with Crippen molar-refractivity contribution in [2.45, 2.75) is 37.8 Å². The summed E-state index contributed by atoms with van der Waals surface area (Å²) in [5, 5.41) is 3.02. The van der Waals surface area contributed by atoms with Crippen LogP contribution in [0.1, 0.15) is 25.7 Å². The number of likely N-dealkylation sites (tertiary alicyclic amines) is 1. The van der Waals surface area contributed by atoms with Crippen LogP contribution >= 0.6 is 0 Å². The average Bonchev–Trinajstić information content (AvgIpc) is 3.14. The van der Waals surface area contributed by atoms with Crippen LogP contribution in [0.3, 0.4) is 0 Å². The molecule has 5 nitrogen and oxygen atoms in total. The third-order valence-corrected chi connectivity index (χ3v) is 5.19. The molecule has 1 atom stereocenters. The average molecular weight is 331 g/mol. The molecule has 0 aromatic heterocycles. The first-order valence-electron chi connectivity index (χ1n) is 9.11. The van der Waals surface area contributed by atoms with Crippen LogP contribution in [0.5, 0.6) is 0 Å². The Hall–Kier alpha value is -1.59. The fourth-order valence-corrected chi connectivity index (χ4v) is 3.63. The lowest BCUT2D eigenvalue weighted by molar-refractivity contribution is -0.123. The van der Waals surface area contributed by atoms with Gasteiger partial charge in [-0.1, -0.05) is 18.2 Å². The van der Waals surface area contributed by atoms with Gasteiger partial charge in [0.25, 0.3) is 0 Å². The highest BCUT2D eigenvalue weighted by atomic mass is 16.5. The van der Waals surface area contributed by atoms with E-state index in [0.717, 1.165) is 45.4 Å². The molecule has 2 heterocycles. The van der Waals surface area contributed by atoms with E-state index in [1.165, 1.54) is 5.69 Å². The van der Waals surface area contributed by atoms with Crippen LogP contribution in [0.4, 0.5) is 5.69 Å². The predicted octanol–water partition coefficient (Wildman–Crippen LogP) is 1.88. The summed E-state index contributed by atoms with van der Waals surface area (Å²) in [4.78, 5) is 16.7. The molecule has 1 aromatic carbocycles. The maximum atomic E-state index is 12.1. The number of hydrogen-bond donors (Lipinski definition) is 1. The molecule has 0 spiro atoms. The van der Waals surface area contributed by atoms with Gasteiger partial charge in [-0.2, -0.15) is 0 Å². The number of para-hydroxylation sites is 1. The molecular formula is C19H29N3O2. The molecule has 1 N–H and O–H groups in total. The minimum atomic E-state index is 0.125. The van der Waals surface area contributed by atoms with Crippen LogP contribution in [-0.2, 0) is 9.53 Å². The van der Waals surface area contributed by atoms with Crippen LogP contribution in [-0.4, -0.2) is 62.8 Å². The molecule has 0 radical (unpaired) electrons. The van der Waals surface area contributed by atoms with Crippen LogP contribution in [0.15, 0.2) is 30.3 Å². The van der Waals surface area contributed by atoms with Crippen molar-refractivity contribution in [1.29, 1.82) is 0 Å². The molecule has 24 heavy (non-hydrogen) atoms. The summed E-state index contributed by atoms with van der Waals surface area (Å²) in [6.45, 7) is 3.97. The summed E-state index contributed by atoms with van der Waals surface area (Å²) in [7, 11) is 2.17. The van der Waals surface area contributed by atoms with E-state index >= 15 is 0 Å². The molecule has 0 aliphatic carbocycles. The number of ether oxygens (including phenoxy) is 1. The molecule has 2 aliphatic rings. The molecule has 0 unspecified atom stereocenters. The standard InChI is InChI=1S/C19H29N3O2/c1-21(16-6-3-2-4-7-16)17-9-11-22(12-10-17)15-19(23)20-14-18-8-5-13-24-18/h2-4,6-7,17-18H,5,8-15H2,1H3,(H,20,23)/t18-/m1/s1. The Morgan fingerprint density at radius 1 is 1.25 bits per heavy atom. The zero-order valence-electron chi connectivity index (χ0n) is 14.6. The summed E-state index contributed by atoms with van der Waals surface area (Å²) >= 11 is 0. The van der Waals surface area contributed by atoms with E-state index in [-0.39, 0.29) is 12.0 Å². The Labute approximate surface area is 145 Å². The summed E-state index contributed by atoms with van der Waals surface area (Å²) in [6, 6.07) is 11.1. The van der Waals surface area contributed by atoms with Gasteiger partial charge >= 0.3 is 0 Å². The van der Waals surface area contributed by atoms with Gasteiger partial charge in [-0.05, 0) is 37.8 Å². The van der Waals surface area contributed by atoms with E-state index in [2.05, 4.69) is 52.5 Å². The van der Waals surface area contributed by atoms with Crippen molar-refractivity contribution in [3.8, 4) is 0 Å². The van der Waals surface area contributed by atoms with Crippen molar-refractivity contribution in [2.75, 3.05) is 44.7 Å². The molecule has 132 valence electrons. The van der Waals surface area contributed by atoms with E-state index in [9.17, 15) is 4.79 Å². The van der Waals surface area contributed by atoms with Crippen molar-refractivity contribution in [3.63, 3.8) is 0 Å². The number of amides is 1. The lowest BCUT2D eigenvalue weighted by Gasteiger charge is -2.37. The van der Waals surface area contributed by atoms with Crippen LogP contribution in [0.25, 0.3) is 0 Å². The van der Waals surface area contributed by atoms with Gasteiger partial charge in [-0.3, -0.25) is 9.69 Å². The molecule has 1 aromatic rings. The van der Waals surface area contributed by atoms with E-state index in [1.807, 2.05) is 0 Å². The Morgan fingerprint density at radius 3 is 2.67 bits per heavy atom. The number of nitrogens with zero attached hydrogens (tertiary/aromatic N) is 2. The Bertz CT molecular complexity index is 509. The number of benzene rings is 1. The summed E-state index contributed by atoms with van der Waals surface area (Å²) in [5.41, 5.74) is 1.27. The van der Waals surface area contributed by atoms with Gasteiger partial charge in [0, 0.05) is 45.0 Å². The van der Waals surface area contributed by atoms with Crippen molar-refractivity contribution < 1.29 is 9.53 Å². The molecule has 0 bridgehead atoms. The van der Waals surface area contributed by atoms with Gasteiger partial charge in [0.15, 0.2) is 0 Å².